The molecule has 2 aromatic rings. The van der Waals surface area contributed by atoms with E-state index in [4.69, 9.17) is 17.0 Å². The van der Waals surface area contributed by atoms with Gasteiger partial charge < -0.3 is 20.3 Å². The Kier molecular flexibility index (Phi) is 7.60. The number of pyridine rings is 1. The third-order valence-corrected chi connectivity index (χ3v) is 6.37. The van der Waals surface area contributed by atoms with Crippen LogP contribution in [0.3, 0.4) is 0 Å². The molecule has 1 amide bonds. The molecule has 188 valence electrons. The summed E-state index contributed by atoms with van der Waals surface area (Å²) >= 11 is 5.04. The molecule has 2 aliphatic rings. The number of thiocarbonyl (C=S) groups is 1. The average molecular weight is 509 g/mol. The molecule has 12 heteroatoms. The molecule has 0 spiro atoms. The van der Waals surface area contributed by atoms with Gasteiger partial charge in [0.25, 0.3) is 0 Å². The van der Waals surface area contributed by atoms with Gasteiger partial charge in [0.05, 0.1) is 30.5 Å². The number of alkyl halides is 3. The summed E-state index contributed by atoms with van der Waals surface area (Å²) in [7, 11) is 1.72. The summed E-state index contributed by atoms with van der Waals surface area (Å²) in [5, 5.41) is 6.30. The molecule has 0 aliphatic carbocycles. The van der Waals surface area contributed by atoms with Crippen LogP contribution in [0.4, 0.5) is 29.5 Å². The highest BCUT2D eigenvalue weighted by Gasteiger charge is 2.33. The molecule has 2 aliphatic heterocycles. The first-order chi connectivity index (χ1) is 16.7. The third kappa shape index (κ3) is 6.31. The Bertz CT molecular complexity index is 1030. The summed E-state index contributed by atoms with van der Waals surface area (Å²) in [5.74, 6) is 0.813. The van der Waals surface area contributed by atoms with E-state index in [0.717, 1.165) is 49.7 Å². The number of rotatable bonds is 6. The van der Waals surface area contributed by atoms with E-state index in [0.29, 0.717) is 30.4 Å². The molecule has 2 saturated heterocycles. The standard InChI is InChI=1S/C23H27F3N6O2S/c1-27-21(35)29-13-19-15-32(22(33)34-19)18-6-7-20(28-12-18)31-10-8-30(9-11-31)14-16-2-4-17(5-3-16)23(24,25)26/h2-7,12,19H,8-11,13-15H2,1H3,(H2,27,29,35). The average Bonchev–Trinajstić information content (AvgIpc) is 3.23. The first kappa shape index (κ1) is 25.0. The zero-order chi connectivity index (χ0) is 25.0. The number of carbonyl (C=O) groups is 1. The van der Waals surface area contributed by atoms with Crippen LogP contribution in [0.2, 0.25) is 0 Å². The van der Waals surface area contributed by atoms with E-state index >= 15 is 0 Å². The summed E-state index contributed by atoms with van der Waals surface area (Å²) in [6, 6.07) is 9.07. The summed E-state index contributed by atoms with van der Waals surface area (Å²) in [6.45, 7) is 4.46. The molecule has 1 unspecified atom stereocenters. The number of piperazine rings is 1. The number of nitrogens with one attached hydrogen (secondary N) is 2. The van der Waals surface area contributed by atoms with Gasteiger partial charge >= 0.3 is 12.3 Å². The SMILES string of the molecule is CNC(=S)NCC1CN(c2ccc(N3CCN(Cc4ccc(C(F)(F)F)cc4)CC3)nc2)C(=O)O1. The van der Waals surface area contributed by atoms with Crippen molar-refractivity contribution in [2.45, 2.75) is 18.8 Å². The highest BCUT2D eigenvalue weighted by molar-refractivity contribution is 7.80. The van der Waals surface area contributed by atoms with Crippen molar-refractivity contribution in [2.24, 2.45) is 0 Å². The molecule has 35 heavy (non-hydrogen) atoms. The Morgan fingerprint density at radius 1 is 1.14 bits per heavy atom. The fourth-order valence-electron chi connectivity index (χ4n) is 4.05. The number of nitrogens with zero attached hydrogens (tertiary/aromatic N) is 4. The molecular weight excluding hydrogens is 481 g/mol. The minimum Gasteiger partial charge on any atom is -0.442 e. The molecule has 8 nitrogen and oxygen atoms in total. The Labute approximate surface area is 207 Å². The third-order valence-electron chi connectivity index (χ3n) is 6.02. The van der Waals surface area contributed by atoms with Gasteiger partial charge in [-0.2, -0.15) is 13.2 Å². The van der Waals surface area contributed by atoms with Crippen molar-refractivity contribution in [3.05, 3.63) is 53.7 Å². The van der Waals surface area contributed by atoms with Crippen LogP contribution in [0, 0.1) is 0 Å². The number of aromatic nitrogens is 1. The number of hydrogen-bond donors (Lipinski definition) is 2. The van der Waals surface area contributed by atoms with E-state index in [1.54, 1.807) is 18.1 Å². The van der Waals surface area contributed by atoms with Crippen molar-refractivity contribution < 1.29 is 22.7 Å². The monoisotopic (exact) mass is 508 g/mol. The number of amides is 1. The molecule has 0 saturated carbocycles. The van der Waals surface area contributed by atoms with Crippen molar-refractivity contribution in [3.8, 4) is 0 Å². The van der Waals surface area contributed by atoms with Gasteiger partial charge in [-0.3, -0.25) is 9.80 Å². The lowest BCUT2D eigenvalue weighted by molar-refractivity contribution is -0.137. The number of halogens is 3. The highest BCUT2D eigenvalue weighted by atomic mass is 32.1. The molecule has 2 N–H and O–H groups in total. The molecule has 4 rings (SSSR count). The lowest BCUT2D eigenvalue weighted by Crippen LogP contribution is -2.46. The van der Waals surface area contributed by atoms with Crippen LogP contribution in [-0.4, -0.2) is 73.5 Å². The highest BCUT2D eigenvalue weighted by Crippen LogP contribution is 2.29. The molecule has 3 heterocycles. The number of cyclic esters (lactones) is 1. The van der Waals surface area contributed by atoms with Gasteiger partial charge in [0.2, 0.25) is 0 Å². The number of ether oxygens (including phenoxy) is 1. The Morgan fingerprint density at radius 2 is 1.86 bits per heavy atom. The summed E-state index contributed by atoms with van der Waals surface area (Å²) in [4.78, 5) is 22.7. The molecule has 1 atom stereocenters. The minimum atomic E-state index is -4.32. The van der Waals surface area contributed by atoms with E-state index in [2.05, 4.69) is 25.4 Å². The van der Waals surface area contributed by atoms with Crippen molar-refractivity contribution in [1.29, 1.82) is 0 Å². The molecule has 2 fully saturated rings. The first-order valence-corrected chi connectivity index (χ1v) is 11.7. The largest absolute Gasteiger partial charge is 0.442 e. The lowest BCUT2D eigenvalue weighted by Gasteiger charge is -2.35. The predicted molar refractivity (Wildman–Crippen MR) is 130 cm³/mol. The van der Waals surface area contributed by atoms with Crippen molar-refractivity contribution in [2.75, 3.05) is 56.1 Å². The number of hydrogen-bond acceptors (Lipinski definition) is 6. The van der Waals surface area contributed by atoms with E-state index in [-0.39, 0.29) is 6.10 Å². The Hall–Kier alpha value is -3.12. The second-order valence-corrected chi connectivity index (χ2v) is 8.82. The number of anilines is 2. The van der Waals surface area contributed by atoms with E-state index < -0.39 is 17.8 Å². The fraction of sp³-hybridized carbons (Fsp3) is 0.435. The van der Waals surface area contributed by atoms with Crippen LogP contribution in [0.15, 0.2) is 42.6 Å². The van der Waals surface area contributed by atoms with Crippen LogP contribution >= 0.6 is 12.2 Å². The molecule has 0 bridgehead atoms. The zero-order valence-corrected chi connectivity index (χ0v) is 20.0. The summed E-state index contributed by atoms with van der Waals surface area (Å²) in [5.41, 5.74) is 0.888. The van der Waals surface area contributed by atoms with Gasteiger partial charge in [-0.25, -0.2) is 9.78 Å². The first-order valence-electron chi connectivity index (χ1n) is 11.3. The van der Waals surface area contributed by atoms with Crippen molar-refractivity contribution >= 4 is 34.9 Å². The van der Waals surface area contributed by atoms with E-state index in [1.165, 1.54) is 12.1 Å². The fourth-order valence-corrected chi connectivity index (χ4v) is 4.13. The number of carbonyl (C=O) groups excluding carboxylic acids is 1. The second-order valence-electron chi connectivity index (χ2n) is 8.41. The van der Waals surface area contributed by atoms with E-state index in [9.17, 15) is 18.0 Å². The normalized spacial score (nSPS) is 19.0. The van der Waals surface area contributed by atoms with Crippen molar-refractivity contribution in [3.63, 3.8) is 0 Å². The van der Waals surface area contributed by atoms with Crippen LogP contribution in [0.5, 0.6) is 0 Å². The quantitative estimate of drug-likeness (QED) is 0.578. The van der Waals surface area contributed by atoms with E-state index in [1.807, 2.05) is 12.1 Å². The summed E-state index contributed by atoms with van der Waals surface area (Å²) in [6.07, 6.45) is -3.38. The maximum absolute atomic E-state index is 12.7. The molecule has 1 aromatic carbocycles. The smallest absolute Gasteiger partial charge is 0.416 e. The molecular formula is C23H27F3N6O2S. The van der Waals surface area contributed by atoms with Gasteiger partial charge in [-0.05, 0) is 42.0 Å². The van der Waals surface area contributed by atoms with Crippen LogP contribution < -0.4 is 20.4 Å². The van der Waals surface area contributed by atoms with Gasteiger partial charge in [0.1, 0.15) is 11.9 Å². The molecule has 0 radical (unpaired) electrons. The van der Waals surface area contributed by atoms with Crippen LogP contribution in [0.1, 0.15) is 11.1 Å². The summed E-state index contributed by atoms with van der Waals surface area (Å²) < 4.78 is 43.6. The Balaban J connectivity index is 1.27. The second kappa shape index (κ2) is 10.6. The predicted octanol–water partition coefficient (Wildman–Crippen LogP) is 2.84. The van der Waals surface area contributed by atoms with Gasteiger partial charge in [0, 0.05) is 39.8 Å². The van der Waals surface area contributed by atoms with Crippen LogP contribution in [-0.2, 0) is 17.5 Å². The van der Waals surface area contributed by atoms with Gasteiger partial charge in [-0.15, -0.1) is 0 Å². The lowest BCUT2D eigenvalue weighted by atomic mass is 10.1. The van der Waals surface area contributed by atoms with Gasteiger partial charge in [0.15, 0.2) is 5.11 Å². The number of benzene rings is 1. The molecule has 1 aromatic heterocycles. The Morgan fingerprint density at radius 3 is 2.46 bits per heavy atom. The topological polar surface area (TPSA) is 73.0 Å². The van der Waals surface area contributed by atoms with Crippen molar-refractivity contribution in [1.82, 2.24) is 20.5 Å². The minimum absolute atomic E-state index is 0.314. The van der Waals surface area contributed by atoms with Gasteiger partial charge in [-0.1, -0.05) is 12.1 Å². The van der Waals surface area contributed by atoms with Crippen LogP contribution in [0.25, 0.3) is 0 Å². The zero-order valence-electron chi connectivity index (χ0n) is 19.2. The maximum atomic E-state index is 12.7. The maximum Gasteiger partial charge on any atom is 0.416 e.